The lowest BCUT2D eigenvalue weighted by Gasteiger charge is -2.38. The number of rotatable bonds is 16. The molecule has 1 unspecified atom stereocenters. The summed E-state index contributed by atoms with van der Waals surface area (Å²) in [6, 6.07) is 11.3. The number of aryl methyl sites for hydroxylation is 1. The van der Waals surface area contributed by atoms with Gasteiger partial charge in [0.1, 0.15) is 5.54 Å². The van der Waals surface area contributed by atoms with Crippen molar-refractivity contribution in [2.75, 3.05) is 25.4 Å². The Kier molecular flexibility index (Phi) is 13.6. The number of benzene rings is 2. The highest BCUT2D eigenvalue weighted by Gasteiger charge is 2.47. The molecule has 3 rings (SSSR count). The zero-order chi connectivity index (χ0) is 39.1. The molecule has 0 saturated heterocycles. The molecule has 0 aliphatic rings. The van der Waals surface area contributed by atoms with Gasteiger partial charge < -0.3 is 15.7 Å². The number of hydrogen-bond acceptors (Lipinski definition) is 7. The number of unbranched alkanes of at least 4 members (excludes halogenated alkanes) is 1. The van der Waals surface area contributed by atoms with E-state index >= 15 is 0 Å². The van der Waals surface area contributed by atoms with Crippen LogP contribution in [0.4, 0.5) is 18.0 Å². The van der Waals surface area contributed by atoms with Crippen molar-refractivity contribution in [1.29, 1.82) is 0 Å². The highest BCUT2D eigenvalue weighted by Crippen LogP contribution is 2.38. The second-order valence-corrected chi connectivity index (χ2v) is 17.3. The molecule has 0 aliphatic heterocycles. The van der Waals surface area contributed by atoms with Crippen molar-refractivity contribution in [2.24, 2.45) is 5.41 Å². The van der Waals surface area contributed by atoms with E-state index in [9.17, 15) is 44.7 Å². The van der Waals surface area contributed by atoms with Gasteiger partial charge in [0, 0.05) is 38.1 Å². The molecule has 2 atom stereocenters. The largest absolute Gasteiger partial charge is 0.480 e. The van der Waals surface area contributed by atoms with E-state index in [0.29, 0.717) is 5.56 Å². The molecule has 0 bridgehead atoms. The molecule has 12 nitrogen and oxygen atoms in total. The summed E-state index contributed by atoms with van der Waals surface area (Å²) in [4.78, 5) is 27.4. The number of carbonyl (C=O) groups is 2. The number of halogens is 3. The van der Waals surface area contributed by atoms with Gasteiger partial charge in [-0.3, -0.25) is 9.78 Å². The van der Waals surface area contributed by atoms with Gasteiger partial charge in [0.25, 0.3) is 0 Å². The summed E-state index contributed by atoms with van der Waals surface area (Å²) in [7, 11) is -8.81. The average Bonchev–Trinajstić information content (AvgIpc) is 3.05. The van der Waals surface area contributed by atoms with E-state index in [0.717, 1.165) is 39.2 Å². The monoisotopic (exact) mass is 769 g/mol. The second kappa shape index (κ2) is 16.7. The predicted molar refractivity (Wildman–Crippen MR) is 191 cm³/mol. The van der Waals surface area contributed by atoms with Gasteiger partial charge in [-0.25, -0.2) is 21.6 Å². The summed E-state index contributed by atoms with van der Waals surface area (Å²) in [5, 5.41) is 14.6. The third-order valence-corrected chi connectivity index (χ3v) is 12.4. The molecule has 2 amide bonds. The zero-order valence-corrected chi connectivity index (χ0v) is 31.5. The van der Waals surface area contributed by atoms with Crippen LogP contribution in [0.15, 0.2) is 71.9 Å². The van der Waals surface area contributed by atoms with Gasteiger partial charge in [0.2, 0.25) is 20.0 Å². The summed E-state index contributed by atoms with van der Waals surface area (Å²) in [6.07, 6.45) is -1.23. The number of alkyl halides is 3. The van der Waals surface area contributed by atoms with Gasteiger partial charge in [-0.15, -0.1) is 0 Å². The Balaban J connectivity index is 1.72. The standard InChI is InChI=1S/C35H46F3N5O7S2/c1-24-23-39-18-16-28(24)27-13-11-12-26(22-27)25(2)43(52(49,50)30-15-8-7-14-29(30)35(36,37)38)20-10-9-17-40-32(46)41-19-21-51(47,48)42-34(6,31(44)45)33(3,4)5/h7-8,11-16,18,22-23,25,42H,9-10,17,19-21H2,1-6H3,(H,44,45)(H2,40,41,46)/t25?,34-/m1/s1. The number of nitrogens with zero attached hydrogens (tertiary/aromatic N) is 2. The number of pyridine rings is 1. The van der Waals surface area contributed by atoms with Crippen LogP contribution < -0.4 is 15.4 Å². The highest BCUT2D eigenvalue weighted by atomic mass is 32.2. The van der Waals surface area contributed by atoms with Crippen LogP contribution in [0.2, 0.25) is 0 Å². The first kappa shape index (κ1) is 42.4. The molecule has 0 saturated carbocycles. The number of hydrogen-bond donors (Lipinski definition) is 4. The van der Waals surface area contributed by atoms with Crippen LogP contribution >= 0.6 is 0 Å². The molecule has 0 radical (unpaired) electrons. The van der Waals surface area contributed by atoms with E-state index in [1.54, 1.807) is 58.3 Å². The average molecular weight is 770 g/mol. The van der Waals surface area contributed by atoms with Crippen LogP contribution in [-0.4, -0.2) is 74.2 Å². The van der Waals surface area contributed by atoms with Crippen molar-refractivity contribution in [3.05, 3.63) is 83.7 Å². The van der Waals surface area contributed by atoms with E-state index in [4.69, 9.17) is 0 Å². The molecule has 4 N–H and O–H groups in total. The lowest BCUT2D eigenvalue weighted by atomic mass is 9.76. The molecular weight excluding hydrogens is 724 g/mol. The Bertz CT molecular complexity index is 1950. The molecule has 2 aromatic carbocycles. The normalized spacial score (nSPS) is 14.4. The number of carboxylic acid groups (broad SMARTS) is 1. The first-order valence-corrected chi connectivity index (χ1v) is 19.6. The number of nitrogens with one attached hydrogen (secondary N) is 3. The smallest absolute Gasteiger partial charge is 0.417 e. The first-order chi connectivity index (χ1) is 24.0. The highest BCUT2D eigenvalue weighted by molar-refractivity contribution is 7.89. The molecule has 52 heavy (non-hydrogen) atoms. The Morgan fingerprint density at radius 3 is 2.19 bits per heavy atom. The van der Waals surface area contributed by atoms with Gasteiger partial charge in [0.15, 0.2) is 0 Å². The van der Waals surface area contributed by atoms with E-state index in [1.165, 1.54) is 13.0 Å². The minimum Gasteiger partial charge on any atom is -0.480 e. The maximum atomic E-state index is 14.0. The fourth-order valence-corrected chi connectivity index (χ4v) is 8.70. The van der Waals surface area contributed by atoms with Gasteiger partial charge >= 0.3 is 18.2 Å². The number of aliphatic carboxylic acids is 1. The number of carbonyl (C=O) groups excluding carboxylic acids is 1. The topological polar surface area (TPSA) is 175 Å². The quantitative estimate of drug-likeness (QED) is 0.134. The molecule has 1 heterocycles. The van der Waals surface area contributed by atoms with Gasteiger partial charge in [-0.2, -0.15) is 22.2 Å². The third kappa shape index (κ3) is 10.5. The van der Waals surface area contributed by atoms with Crippen LogP contribution in [0.1, 0.15) is 70.2 Å². The van der Waals surface area contributed by atoms with Crippen molar-refractivity contribution in [1.82, 2.24) is 24.6 Å². The van der Waals surface area contributed by atoms with Crippen molar-refractivity contribution in [3.8, 4) is 11.1 Å². The first-order valence-electron chi connectivity index (χ1n) is 16.5. The molecule has 17 heteroatoms. The molecule has 0 fully saturated rings. The van der Waals surface area contributed by atoms with Crippen molar-refractivity contribution < 1.29 is 44.7 Å². The minimum atomic E-state index is -4.92. The molecule has 3 aromatic rings. The lowest BCUT2D eigenvalue weighted by Crippen LogP contribution is -2.60. The molecule has 0 spiro atoms. The lowest BCUT2D eigenvalue weighted by molar-refractivity contribution is -0.147. The van der Waals surface area contributed by atoms with E-state index < -0.39 is 71.4 Å². The Morgan fingerprint density at radius 2 is 1.58 bits per heavy atom. The summed E-state index contributed by atoms with van der Waals surface area (Å²) < 4.78 is 98.4. The van der Waals surface area contributed by atoms with Crippen molar-refractivity contribution in [2.45, 2.75) is 77.0 Å². The Labute approximate surface area is 303 Å². The Morgan fingerprint density at radius 1 is 0.923 bits per heavy atom. The summed E-state index contributed by atoms with van der Waals surface area (Å²) in [6.45, 7) is 8.99. The second-order valence-electron chi connectivity index (χ2n) is 13.6. The molecular formula is C35H46F3N5O7S2. The van der Waals surface area contributed by atoms with E-state index in [1.807, 2.05) is 19.1 Å². The van der Waals surface area contributed by atoms with Crippen molar-refractivity contribution >= 4 is 32.0 Å². The summed E-state index contributed by atoms with van der Waals surface area (Å²) >= 11 is 0. The Hall–Kier alpha value is -4.06. The summed E-state index contributed by atoms with van der Waals surface area (Å²) in [5.74, 6) is -1.95. The van der Waals surface area contributed by atoms with Crippen LogP contribution in [0.25, 0.3) is 11.1 Å². The number of carboxylic acids is 1. The molecule has 286 valence electrons. The summed E-state index contributed by atoms with van der Waals surface area (Å²) in [5.41, 5.74) is -0.974. The number of aromatic nitrogens is 1. The molecule has 1 aromatic heterocycles. The minimum absolute atomic E-state index is 0.0379. The SMILES string of the molecule is Cc1cnccc1-c1cccc(C(C)N(CCCCNC(=O)NCCS(=O)(=O)N[C@](C)(C(=O)O)C(C)(C)C)S(=O)(=O)c2ccccc2C(F)(F)F)c1. The fourth-order valence-electron chi connectivity index (χ4n) is 5.34. The zero-order valence-electron chi connectivity index (χ0n) is 29.9. The van der Waals surface area contributed by atoms with Crippen LogP contribution in [0, 0.1) is 12.3 Å². The number of amides is 2. The van der Waals surface area contributed by atoms with Gasteiger partial charge in [-0.1, -0.05) is 51.1 Å². The predicted octanol–water partition coefficient (Wildman–Crippen LogP) is 5.72. The van der Waals surface area contributed by atoms with Crippen LogP contribution in [0.3, 0.4) is 0 Å². The van der Waals surface area contributed by atoms with Gasteiger partial charge in [0.05, 0.1) is 16.2 Å². The number of sulfonamides is 2. The van der Waals surface area contributed by atoms with Crippen LogP contribution in [-0.2, 0) is 31.0 Å². The third-order valence-electron chi connectivity index (χ3n) is 8.95. The fraction of sp³-hybridized carbons (Fsp3) is 0.457. The van der Waals surface area contributed by atoms with Crippen LogP contribution in [0.5, 0.6) is 0 Å². The van der Waals surface area contributed by atoms with Gasteiger partial charge in [-0.05, 0) is 85.5 Å². The van der Waals surface area contributed by atoms with E-state index in [-0.39, 0.29) is 32.5 Å². The number of urea groups is 1. The molecule has 0 aliphatic carbocycles. The maximum Gasteiger partial charge on any atom is 0.417 e. The maximum absolute atomic E-state index is 14.0. The van der Waals surface area contributed by atoms with E-state index in [2.05, 4.69) is 20.3 Å². The van der Waals surface area contributed by atoms with Crippen molar-refractivity contribution in [3.63, 3.8) is 0 Å².